The van der Waals surface area contributed by atoms with Crippen LogP contribution >= 0.6 is 11.8 Å². The highest BCUT2D eigenvalue weighted by atomic mass is 32.2. The molecule has 3 heteroatoms. The molecule has 1 aliphatic heterocycles. The van der Waals surface area contributed by atoms with E-state index in [0.717, 1.165) is 13.1 Å². The van der Waals surface area contributed by atoms with Crippen LogP contribution in [0.1, 0.15) is 24.8 Å². The number of hydrogen-bond acceptors (Lipinski definition) is 3. The van der Waals surface area contributed by atoms with Crippen molar-refractivity contribution in [1.29, 1.82) is 0 Å². The van der Waals surface area contributed by atoms with Gasteiger partial charge in [0.05, 0.1) is 0 Å². The van der Waals surface area contributed by atoms with E-state index >= 15 is 0 Å². The average molecular weight is 264 g/mol. The monoisotopic (exact) mass is 264 g/mol. The van der Waals surface area contributed by atoms with Gasteiger partial charge in [-0.3, -0.25) is 4.90 Å². The van der Waals surface area contributed by atoms with E-state index in [2.05, 4.69) is 40.7 Å². The Morgan fingerprint density at radius 1 is 1.22 bits per heavy atom. The van der Waals surface area contributed by atoms with Crippen molar-refractivity contribution in [1.82, 2.24) is 4.90 Å². The van der Waals surface area contributed by atoms with Gasteiger partial charge >= 0.3 is 0 Å². The fourth-order valence-corrected chi connectivity index (χ4v) is 2.88. The standard InChI is InChI=1S/C15H24N2S/c1-18-12-6-9-16-15-8-3-2-7-14(15)13-17-10-4-5-11-17/h2-3,7-8,16H,4-6,9-13H2,1H3. The number of anilines is 1. The van der Waals surface area contributed by atoms with Gasteiger partial charge in [0.25, 0.3) is 0 Å². The van der Waals surface area contributed by atoms with Crippen LogP contribution in [0.15, 0.2) is 24.3 Å². The normalized spacial score (nSPS) is 16.1. The van der Waals surface area contributed by atoms with E-state index < -0.39 is 0 Å². The molecule has 0 spiro atoms. The molecule has 1 heterocycles. The number of hydrogen-bond donors (Lipinski definition) is 1. The van der Waals surface area contributed by atoms with Crippen molar-refractivity contribution in [3.8, 4) is 0 Å². The lowest BCUT2D eigenvalue weighted by Crippen LogP contribution is -2.19. The van der Waals surface area contributed by atoms with E-state index in [9.17, 15) is 0 Å². The molecule has 0 bridgehead atoms. The third kappa shape index (κ3) is 4.21. The molecule has 1 aromatic rings. The zero-order chi connectivity index (χ0) is 12.6. The van der Waals surface area contributed by atoms with Crippen LogP contribution in [0, 0.1) is 0 Å². The summed E-state index contributed by atoms with van der Waals surface area (Å²) < 4.78 is 0. The van der Waals surface area contributed by atoms with Gasteiger partial charge in [-0.25, -0.2) is 0 Å². The molecule has 1 aromatic carbocycles. The van der Waals surface area contributed by atoms with Crippen molar-refractivity contribution >= 4 is 17.4 Å². The molecule has 100 valence electrons. The predicted molar refractivity (Wildman–Crippen MR) is 82.4 cm³/mol. The summed E-state index contributed by atoms with van der Waals surface area (Å²) in [5.41, 5.74) is 2.77. The van der Waals surface area contributed by atoms with E-state index in [1.807, 2.05) is 11.8 Å². The van der Waals surface area contributed by atoms with E-state index in [4.69, 9.17) is 0 Å². The molecule has 18 heavy (non-hydrogen) atoms. The maximum absolute atomic E-state index is 3.58. The molecule has 0 unspecified atom stereocenters. The SMILES string of the molecule is CSCCCNc1ccccc1CN1CCCC1. The van der Waals surface area contributed by atoms with Crippen LogP contribution in [-0.2, 0) is 6.54 Å². The highest BCUT2D eigenvalue weighted by Gasteiger charge is 2.13. The first-order chi connectivity index (χ1) is 8.90. The van der Waals surface area contributed by atoms with Crippen LogP contribution < -0.4 is 5.32 Å². The van der Waals surface area contributed by atoms with Crippen LogP contribution in [0.25, 0.3) is 0 Å². The molecule has 1 fully saturated rings. The molecule has 0 aromatic heterocycles. The zero-order valence-corrected chi connectivity index (χ0v) is 12.1. The van der Waals surface area contributed by atoms with Gasteiger partial charge in [0.2, 0.25) is 0 Å². The molecular weight excluding hydrogens is 240 g/mol. The Morgan fingerprint density at radius 2 is 2.00 bits per heavy atom. The summed E-state index contributed by atoms with van der Waals surface area (Å²) in [6.45, 7) is 4.71. The summed E-state index contributed by atoms with van der Waals surface area (Å²) >= 11 is 1.92. The van der Waals surface area contributed by atoms with Gasteiger partial charge in [-0.05, 0) is 56.0 Å². The van der Waals surface area contributed by atoms with Crippen molar-refractivity contribution in [2.45, 2.75) is 25.8 Å². The number of benzene rings is 1. The summed E-state index contributed by atoms with van der Waals surface area (Å²) in [7, 11) is 0. The lowest BCUT2D eigenvalue weighted by atomic mass is 10.1. The molecule has 0 amide bonds. The lowest BCUT2D eigenvalue weighted by Gasteiger charge is -2.18. The van der Waals surface area contributed by atoms with Crippen molar-refractivity contribution in [2.75, 3.05) is 37.0 Å². The highest BCUT2D eigenvalue weighted by Crippen LogP contribution is 2.19. The smallest absolute Gasteiger partial charge is 0.0385 e. The van der Waals surface area contributed by atoms with Crippen LogP contribution in [0.3, 0.4) is 0 Å². The summed E-state index contributed by atoms with van der Waals surface area (Å²) in [5, 5.41) is 3.58. The van der Waals surface area contributed by atoms with Gasteiger partial charge in [-0.2, -0.15) is 11.8 Å². The van der Waals surface area contributed by atoms with Crippen LogP contribution in [0.4, 0.5) is 5.69 Å². The third-order valence-corrected chi connectivity index (χ3v) is 4.15. The Morgan fingerprint density at radius 3 is 2.78 bits per heavy atom. The molecule has 1 aliphatic rings. The Hall–Kier alpha value is -0.670. The summed E-state index contributed by atoms with van der Waals surface area (Å²) in [4.78, 5) is 2.56. The predicted octanol–water partition coefficient (Wildman–Crippen LogP) is 3.45. The van der Waals surface area contributed by atoms with Gasteiger partial charge in [0.1, 0.15) is 0 Å². The molecular formula is C15H24N2S. The number of thioether (sulfide) groups is 1. The zero-order valence-electron chi connectivity index (χ0n) is 11.3. The first-order valence-electron chi connectivity index (χ1n) is 6.93. The fraction of sp³-hybridized carbons (Fsp3) is 0.600. The first kappa shape index (κ1) is 13.8. The minimum absolute atomic E-state index is 1.08. The number of likely N-dealkylation sites (tertiary alicyclic amines) is 1. The van der Waals surface area contributed by atoms with Crippen molar-refractivity contribution in [2.24, 2.45) is 0 Å². The Labute approximate surface area is 115 Å². The molecule has 0 aliphatic carbocycles. The summed E-state index contributed by atoms with van der Waals surface area (Å²) in [5.74, 6) is 1.24. The second kappa shape index (κ2) is 7.70. The molecule has 0 saturated carbocycles. The number of para-hydroxylation sites is 1. The molecule has 2 nitrogen and oxygen atoms in total. The van der Waals surface area contributed by atoms with Crippen LogP contribution in [-0.4, -0.2) is 36.5 Å². The van der Waals surface area contributed by atoms with E-state index in [-0.39, 0.29) is 0 Å². The van der Waals surface area contributed by atoms with E-state index in [1.165, 1.54) is 49.4 Å². The van der Waals surface area contributed by atoms with Crippen LogP contribution in [0.2, 0.25) is 0 Å². The van der Waals surface area contributed by atoms with Gasteiger partial charge in [-0.1, -0.05) is 18.2 Å². The van der Waals surface area contributed by atoms with Gasteiger partial charge < -0.3 is 5.32 Å². The molecule has 1 saturated heterocycles. The second-order valence-corrected chi connectivity index (χ2v) is 5.90. The summed E-state index contributed by atoms with van der Waals surface area (Å²) in [6, 6.07) is 8.75. The Bertz CT molecular complexity index is 348. The fourth-order valence-electron chi connectivity index (χ4n) is 2.45. The maximum Gasteiger partial charge on any atom is 0.0385 e. The third-order valence-electron chi connectivity index (χ3n) is 3.45. The van der Waals surface area contributed by atoms with Crippen molar-refractivity contribution in [3.05, 3.63) is 29.8 Å². The van der Waals surface area contributed by atoms with Crippen LogP contribution in [0.5, 0.6) is 0 Å². The Kier molecular flexibility index (Phi) is 5.88. The average Bonchev–Trinajstić information content (AvgIpc) is 2.89. The molecule has 0 atom stereocenters. The second-order valence-electron chi connectivity index (χ2n) is 4.91. The number of nitrogens with one attached hydrogen (secondary N) is 1. The highest BCUT2D eigenvalue weighted by molar-refractivity contribution is 7.98. The molecule has 0 radical (unpaired) electrons. The van der Waals surface area contributed by atoms with Crippen molar-refractivity contribution < 1.29 is 0 Å². The topological polar surface area (TPSA) is 15.3 Å². The van der Waals surface area contributed by atoms with Gasteiger partial charge in [0.15, 0.2) is 0 Å². The van der Waals surface area contributed by atoms with E-state index in [0.29, 0.717) is 0 Å². The molecule has 1 N–H and O–H groups in total. The van der Waals surface area contributed by atoms with E-state index in [1.54, 1.807) is 0 Å². The minimum Gasteiger partial charge on any atom is -0.385 e. The van der Waals surface area contributed by atoms with Crippen molar-refractivity contribution in [3.63, 3.8) is 0 Å². The maximum atomic E-state index is 3.58. The minimum atomic E-state index is 1.08. The number of rotatable bonds is 7. The molecule has 2 rings (SSSR count). The number of nitrogens with zero attached hydrogens (tertiary/aromatic N) is 1. The largest absolute Gasteiger partial charge is 0.385 e. The lowest BCUT2D eigenvalue weighted by molar-refractivity contribution is 0.332. The van der Waals surface area contributed by atoms with Gasteiger partial charge in [0, 0.05) is 18.8 Å². The van der Waals surface area contributed by atoms with Gasteiger partial charge in [-0.15, -0.1) is 0 Å². The summed E-state index contributed by atoms with van der Waals surface area (Å²) in [6.07, 6.45) is 6.13. The quantitative estimate of drug-likeness (QED) is 0.759. The first-order valence-corrected chi connectivity index (χ1v) is 8.32. The Balaban J connectivity index is 1.87.